The molecule has 2 fully saturated rings. The molecule has 1 saturated carbocycles. The molecule has 4 N–H and O–H groups in total. The highest BCUT2D eigenvalue weighted by Gasteiger charge is 2.39. The van der Waals surface area contributed by atoms with Crippen molar-refractivity contribution in [3.8, 4) is 0 Å². The van der Waals surface area contributed by atoms with E-state index in [1.54, 1.807) is 0 Å². The molecule has 0 radical (unpaired) electrons. The predicted octanol–water partition coefficient (Wildman–Crippen LogP) is 0.661. The third kappa shape index (κ3) is 5.29. The third-order valence-electron chi connectivity index (χ3n) is 5.51. The fourth-order valence-corrected chi connectivity index (χ4v) is 4.03. The molecule has 1 aliphatic carbocycles. The van der Waals surface area contributed by atoms with Gasteiger partial charge in [-0.05, 0) is 37.2 Å². The zero-order valence-corrected chi connectivity index (χ0v) is 15.5. The van der Waals surface area contributed by atoms with Gasteiger partial charge in [-0.3, -0.25) is 19.8 Å². The number of hydrogen-bond acceptors (Lipinski definition) is 4. The lowest BCUT2D eigenvalue weighted by atomic mass is 9.74. The first-order chi connectivity index (χ1) is 13.1. The van der Waals surface area contributed by atoms with Crippen molar-refractivity contribution >= 4 is 17.7 Å². The van der Waals surface area contributed by atoms with Crippen LogP contribution in [0.3, 0.4) is 0 Å². The van der Waals surface area contributed by atoms with Gasteiger partial charge < -0.3 is 10.6 Å². The Morgan fingerprint density at radius 3 is 2.59 bits per heavy atom. The molecule has 27 heavy (non-hydrogen) atoms. The minimum Gasteiger partial charge on any atom is -0.348 e. The lowest BCUT2D eigenvalue weighted by molar-refractivity contribution is -0.139. The number of hydrazine groups is 1. The highest BCUT2D eigenvalue weighted by atomic mass is 16.2. The van der Waals surface area contributed by atoms with Gasteiger partial charge in [0.25, 0.3) is 0 Å². The summed E-state index contributed by atoms with van der Waals surface area (Å²) in [6, 6.07) is 9.99. The van der Waals surface area contributed by atoms with E-state index in [1.165, 1.54) is 5.56 Å². The van der Waals surface area contributed by atoms with E-state index in [2.05, 4.69) is 21.5 Å². The van der Waals surface area contributed by atoms with Crippen LogP contribution in [0.4, 0.5) is 0 Å². The molecule has 1 aromatic carbocycles. The van der Waals surface area contributed by atoms with Gasteiger partial charge in [0.1, 0.15) is 0 Å². The standard InChI is InChI=1S/C20H28N4O3/c25-18-16-11-5-4-10-15(16)17(23-24-18)13-22-20(27)19(26)21-12-6-9-14-7-2-1-3-8-14/h1-3,7-8,15-17,23H,4-6,9-13H2,(H,21,26)(H,22,27)(H,24,25). The summed E-state index contributed by atoms with van der Waals surface area (Å²) >= 11 is 0. The maximum Gasteiger partial charge on any atom is 0.309 e. The average Bonchev–Trinajstić information content (AvgIpc) is 2.71. The van der Waals surface area contributed by atoms with E-state index in [-0.39, 0.29) is 23.8 Å². The Labute approximate surface area is 159 Å². The van der Waals surface area contributed by atoms with E-state index < -0.39 is 11.8 Å². The van der Waals surface area contributed by atoms with Crippen LogP contribution in [0.5, 0.6) is 0 Å². The number of carbonyl (C=O) groups excluding carboxylic acids is 3. The van der Waals surface area contributed by atoms with E-state index in [1.807, 2.05) is 30.3 Å². The maximum absolute atomic E-state index is 12.0. The van der Waals surface area contributed by atoms with Gasteiger partial charge >= 0.3 is 11.8 Å². The van der Waals surface area contributed by atoms with Crippen LogP contribution >= 0.6 is 0 Å². The molecule has 1 heterocycles. The van der Waals surface area contributed by atoms with Gasteiger partial charge in [-0.25, -0.2) is 5.43 Å². The fraction of sp³-hybridized carbons (Fsp3) is 0.550. The summed E-state index contributed by atoms with van der Waals surface area (Å²) in [5.41, 5.74) is 6.90. The zero-order valence-electron chi connectivity index (χ0n) is 15.5. The molecule has 1 aromatic rings. The van der Waals surface area contributed by atoms with Crippen LogP contribution in [0, 0.1) is 11.8 Å². The van der Waals surface area contributed by atoms with Crippen LogP contribution < -0.4 is 21.5 Å². The van der Waals surface area contributed by atoms with Crippen molar-refractivity contribution in [2.45, 2.75) is 44.6 Å². The fourth-order valence-electron chi connectivity index (χ4n) is 4.03. The van der Waals surface area contributed by atoms with Crippen LogP contribution in [0.2, 0.25) is 0 Å². The summed E-state index contributed by atoms with van der Waals surface area (Å²) in [7, 11) is 0. The summed E-state index contributed by atoms with van der Waals surface area (Å²) < 4.78 is 0. The number of fused-ring (bicyclic) bond motifs is 1. The number of benzene rings is 1. The first-order valence-corrected chi connectivity index (χ1v) is 9.80. The Balaban J connectivity index is 1.37. The van der Waals surface area contributed by atoms with Crippen LogP contribution in [-0.2, 0) is 20.8 Å². The number of amides is 3. The molecule has 0 aromatic heterocycles. The summed E-state index contributed by atoms with van der Waals surface area (Å²) in [6.45, 7) is 0.793. The molecule has 3 amide bonds. The topological polar surface area (TPSA) is 99.3 Å². The first-order valence-electron chi connectivity index (χ1n) is 9.80. The molecule has 146 valence electrons. The van der Waals surface area contributed by atoms with Crippen molar-refractivity contribution < 1.29 is 14.4 Å². The number of aryl methyl sites for hydroxylation is 1. The maximum atomic E-state index is 12.0. The number of rotatable bonds is 6. The minimum absolute atomic E-state index is 0.00807. The quantitative estimate of drug-likeness (QED) is 0.435. The predicted molar refractivity (Wildman–Crippen MR) is 101 cm³/mol. The molecule has 0 bridgehead atoms. The van der Waals surface area contributed by atoms with Crippen LogP contribution in [0.1, 0.15) is 37.7 Å². The lowest BCUT2D eigenvalue weighted by Gasteiger charge is -2.41. The Morgan fingerprint density at radius 2 is 1.78 bits per heavy atom. The highest BCUT2D eigenvalue weighted by molar-refractivity contribution is 6.35. The summed E-state index contributed by atoms with van der Waals surface area (Å²) in [4.78, 5) is 35.9. The van der Waals surface area contributed by atoms with Crippen molar-refractivity contribution in [1.29, 1.82) is 0 Å². The van der Waals surface area contributed by atoms with Crippen molar-refractivity contribution in [3.63, 3.8) is 0 Å². The molecule has 0 spiro atoms. The Kier molecular flexibility index (Phi) is 6.81. The van der Waals surface area contributed by atoms with Crippen LogP contribution in [0.15, 0.2) is 30.3 Å². The molecule has 3 atom stereocenters. The molecular weight excluding hydrogens is 344 g/mol. The first kappa shape index (κ1) is 19.4. The van der Waals surface area contributed by atoms with Crippen molar-refractivity contribution in [2.75, 3.05) is 13.1 Å². The lowest BCUT2D eigenvalue weighted by Crippen LogP contribution is -2.62. The summed E-state index contributed by atoms with van der Waals surface area (Å²) in [5, 5.41) is 5.36. The van der Waals surface area contributed by atoms with E-state index in [0.717, 1.165) is 38.5 Å². The Hall–Kier alpha value is -2.41. The Morgan fingerprint density at radius 1 is 1.04 bits per heavy atom. The van der Waals surface area contributed by atoms with Gasteiger partial charge in [0.2, 0.25) is 5.91 Å². The van der Waals surface area contributed by atoms with Crippen molar-refractivity contribution in [1.82, 2.24) is 21.5 Å². The van der Waals surface area contributed by atoms with Crippen molar-refractivity contribution in [3.05, 3.63) is 35.9 Å². The molecule has 1 saturated heterocycles. The van der Waals surface area contributed by atoms with E-state index in [9.17, 15) is 14.4 Å². The molecule has 2 aliphatic rings. The third-order valence-corrected chi connectivity index (χ3v) is 5.51. The second-order valence-electron chi connectivity index (χ2n) is 7.35. The highest BCUT2D eigenvalue weighted by Crippen LogP contribution is 2.33. The van der Waals surface area contributed by atoms with Crippen LogP contribution in [0.25, 0.3) is 0 Å². The van der Waals surface area contributed by atoms with Gasteiger partial charge in [-0.1, -0.05) is 43.2 Å². The van der Waals surface area contributed by atoms with Gasteiger partial charge in [0, 0.05) is 25.0 Å². The van der Waals surface area contributed by atoms with E-state index in [0.29, 0.717) is 13.1 Å². The Bertz CT molecular complexity index is 664. The van der Waals surface area contributed by atoms with E-state index in [4.69, 9.17) is 0 Å². The van der Waals surface area contributed by atoms with E-state index >= 15 is 0 Å². The molecule has 7 heteroatoms. The number of hydrogen-bond donors (Lipinski definition) is 4. The smallest absolute Gasteiger partial charge is 0.309 e. The van der Waals surface area contributed by atoms with Gasteiger partial charge in [0.05, 0.1) is 0 Å². The largest absolute Gasteiger partial charge is 0.348 e. The molecule has 1 aliphatic heterocycles. The molecule has 7 nitrogen and oxygen atoms in total. The normalized spacial score (nSPS) is 24.4. The van der Waals surface area contributed by atoms with Crippen molar-refractivity contribution in [2.24, 2.45) is 11.8 Å². The zero-order chi connectivity index (χ0) is 19.1. The molecular formula is C20H28N4O3. The average molecular weight is 372 g/mol. The minimum atomic E-state index is -0.624. The van der Waals surface area contributed by atoms with Gasteiger partial charge in [-0.2, -0.15) is 0 Å². The summed E-state index contributed by atoms with van der Waals surface area (Å²) in [6.07, 6.45) is 5.67. The van der Waals surface area contributed by atoms with Gasteiger partial charge in [0.15, 0.2) is 0 Å². The SMILES string of the molecule is O=C(NCCCc1ccccc1)C(=O)NCC1NNC(=O)C2CCCCC12. The summed E-state index contributed by atoms with van der Waals surface area (Å²) in [5.74, 6) is -0.974. The van der Waals surface area contributed by atoms with Crippen LogP contribution in [-0.4, -0.2) is 36.9 Å². The second kappa shape index (κ2) is 9.50. The second-order valence-corrected chi connectivity index (χ2v) is 7.35. The number of nitrogens with one attached hydrogen (secondary N) is 4. The molecule has 3 unspecified atom stereocenters. The molecule has 3 rings (SSSR count). The monoisotopic (exact) mass is 372 g/mol. The van der Waals surface area contributed by atoms with Gasteiger partial charge in [-0.15, -0.1) is 0 Å². The number of carbonyl (C=O) groups is 3.